The van der Waals surface area contributed by atoms with Crippen LogP contribution in [0.5, 0.6) is 0 Å². The van der Waals surface area contributed by atoms with E-state index in [0.717, 1.165) is 44.6 Å². The van der Waals surface area contributed by atoms with Crippen LogP contribution >= 0.6 is 0 Å². The fraction of sp³-hybridized carbons (Fsp3) is 0.533. The Hall–Kier alpha value is -1.39. The quantitative estimate of drug-likeness (QED) is 0.756. The highest BCUT2D eigenvalue weighted by Crippen LogP contribution is 2.20. The molecule has 0 spiro atoms. The van der Waals surface area contributed by atoms with Crippen molar-refractivity contribution in [3.63, 3.8) is 0 Å². The van der Waals surface area contributed by atoms with Crippen molar-refractivity contribution in [3.05, 3.63) is 29.8 Å². The Bertz CT molecular complexity index is 405. The summed E-state index contributed by atoms with van der Waals surface area (Å²) in [7, 11) is 1.74. The second-order valence-corrected chi connectivity index (χ2v) is 5.05. The van der Waals surface area contributed by atoms with E-state index < -0.39 is 0 Å². The van der Waals surface area contributed by atoms with Crippen LogP contribution in [0.1, 0.15) is 17.3 Å². The van der Waals surface area contributed by atoms with Crippen molar-refractivity contribution in [2.45, 2.75) is 13.0 Å². The molecule has 1 aromatic carbocycles. The van der Waals surface area contributed by atoms with E-state index in [2.05, 4.69) is 16.7 Å². The molecule has 1 fully saturated rings. The number of aldehydes is 1. The Balaban J connectivity index is 1.96. The fourth-order valence-corrected chi connectivity index (χ4v) is 2.58. The van der Waals surface area contributed by atoms with Gasteiger partial charge in [-0.25, -0.2) is 0 Å². The number of carbonyl (C=O) groups is 1. The molecule has 1 saturated heterocycles. The third-order valence-corrected chi connectivity index (χ3v) is 3.68. The molecule has 1 heterocycles. The lowest BCUT2D eigenvalue weighted by molar-refractivity contribution is 0.112. The number of benzene rings is 1. The monoisotopic (exact) mass is 262 g/mol. The van der Waals surface area contributed by atoms with Crippen LogP contribution in [0, 0.1) is 0 Å². The summed E-state index contributed by atoms with van der Waals surface area (Å²) in [5.41, 5.74) is 1.93. The number of ether oxygens (including phenoxy) is 1. The lowest BCUT2D eigenvalue weighted by Crippen LogP contribution is -2.52. The van der Waals surface area contributed by atoms with Crippen molar-refractivity contribution < 1.29 is 9.53 Å². The summed E-state index contributed by atoms with van der Waals surface area (Å²) in [5, 5.41) is 0. The lowest BCUT2D eigenvalue weighted by Gasteiger charge is -2.41. The zero-order valence-corrected chi connectivity index (χ0v) is 11.7. The molecule has 4 heteroatoms. The molecule has 1 atom stereocenters. The van der Waals surface area contributed by atoms with Crippen molar-refractivity contribution in [1.82, 2.24) is 4.90 Å². The van der Waals surface area contributed by atoms with E-state index in [4.69, 9.17) is 4.74 Å². The first-order chi connectivity index (χ1) is 9.24. The second-order valence-electron chi connectivity index (χ2n) is 5.05. The normalized spacial score (nSPS) is 20.5. The predicted molar refractivity (Wildman–Crippen MR) is 77.0 cm³/mol. The molecule has 104 valence electrons. The van der Waals surface area contributed by atoms with Gasteiger partial charge in [-0.3, -0.25) is 9.69 Å². The zero-order chi connectivity index (χ0) is 13.7. The number of nitrogens with zero attached hydrogens (tertiary/aromatic N) is 2. The third kappa shape index (κ3) is 3.55. The molecular weight excluding hydrogens is 240 g/mol. The van der Waals surface area contributed by atoms with E-state index in [1.807, 2.05) is 24.3 Å². The van der Waals surface area contributed by atoms with Gasteiger partial charge in [0.2, 0.25) is 0 Å². The summed E-state index contributed by atoms with van der Waals surface area (Å²) in [5.74, 6) is 0. The Kier molecular flexibility index (Phi) is 4.93. The van der Waals surface area contributed by atoms with Crippen LogP contribution in [0.2, 0.25) is 0 Å². The minimum atomic E-state index is 0.479. The van der Waals surface area contributed by atoms with E-state index >= 15 is 0 Å². The van der Waals surface area contributed by atoms with Gasteiger partial charge in [-0.1, -0.05) is 0 Å². The smallest absolute Gasteiger partial charge is 0.150 e. The predicted octanol–water partition coefficient (Wildman–Crippen LogP) is 1.66. The van der Waals surface area contributed by atoms with Crippen LogP contribution < -0.4 is 4.90 Å². The maximum Gasteiger partial charge on any atom is 0.150 e. The number of carbonyl (C=O) groups excluding carboxylic acids is 1. The topological polar surface area (TPSA) is 32.8 Å². The van der Waals surface area contributed by atoms with Crippen molar-refractivity contribution in [2.24, 2.45) is 0 Å². The molecule has 0 bridgehead atoms. The van der Waals surface area contributed by atoms with Crippen molar-refractivity contribution >= 4 is 12.0 Å². The van der Waals surface area contributed by atoms with Crippen LogP contribution in [0.3, 0.4) is 0 Å². The maximum atomic E-state index is 10.7. The highest BCUT2D eigenvalue weighted by Gasteiger charge is 2.23. The number of hydrogen-bond donors (Lipinski definition) is 0. The van der Waals surface area contributed by atoms with Gasteiger partial charge in [-0.15, -0.1) is 0 Å². The van der Waals surface area contributed by atoms with Gasteiger partial charge >= 0.3 is 0 Å². The first-order valence-corrected chi connectivity index (χ1v) is 6.77. The third-order valence-electron chi connectivity index (χ3n) is 3.68. The number of hydrogen-bond acceptors (Lipinski definition) is 4. The van der Waals surface area contributed by atoms with Crippen LogP contribution in [0.4, 0.5) is 5.69 Å². The van der Waals surface area contributed by atoms with Gasteiger partial charge in [0.15, 0.2) is 0 Å². The Morgan fingerprint density at radius 2 is 2.05 bits per heavy atom. The molecule has 2 rings (SSSR count). The van der Waals surface area contributed by atoms with Gasteiger partial charge in [0.1, 0.15) is 6.29 Å². The van der Waals surface area contributed by atoms with Crippen molar-refractivity contribution in [3.8, 4) is 0 Å². The highest BCUT2D eigenvalue weighted by atomic mass is 16.5. The molecule has 4 nitrogen and oxygen atoms in total. The maximum absolute atomic E-state index is 10.7. The Morgan fingerprint density at radius 1 is 1.32 bits per heavy atom. The largest absolute Gasteiger partial charge is 0.383 e. The minimum absolute atomic E-state index is 0.479. The SMILES string of the molecule is COCCN1CCN(c2ccc(C=O)cc2)C(C)C1. The Morgan fingerprint density at radius 3 is 2.63 bits per heavy atom. The van der Waals surface area contributed by atoms with E-state index in [1.54, 1.807) is 7.11 Å². The highest BCUT2D eigenvalue weighted by molar-refractivity contribution is 5.75. The molecule has 0 aromatic heterocycles. The van der Waals surface area contributed by atoms with Crippen LogP contribution in [0.25, 0.3) is 0 Å². The average molecular weight is 262 g/mol. The van der Waals surface area contributed by atoms with Gasteiger partial charge in [-0.2, -0.15) is 0 Å². The molecule has 1 aliphatic heterocycles. The molecule has 0 N–H and O–H groups in total. The van der Waals surface area contributed by atoms with Gasteiger partial charge in [-0.05, 0) is 31.2 Å². The van der Waals surface area contributed by atoms with Gasteiger partial charge < -0.3 is 9.64 Å². The molecule has 0 amide bonds. The molecule has 19 heavy (non-hydrogen) atoms. The summed E-state index contributed by atoms with van der Waals surface area (Å²) in [6, 6.07) is 8.31. The van der Waals surface area contributed by atoms with E-state index in [0.29, 0.717) is 6.04 Å². The number of methoxy groups -OCH3 is 1. The fourth-order valence-electron chi connectivity index (χ4n) is 2.58. The molecule has 0 radical (unpaired) electrons. The number of piperazine rings is 1. The summed E-state index contributed by atoms with van der Waals surface area (Å²) in [6.45, 7) is 7.17. The zero-order valence-electron chi connectivity index (χ0n) is 11.7. The first-order valence-electron chi connectivity index (χ1n) is 6.77. The second kappa shape index (κ2) is 6.68. The van der Waals surface area contributed by atoms with Crippen molar-refractivity contribution in [1.29, 1.82) is 0 Å². The van der Waals surface area contributed by atoms with Crippen molar-refractivity contribution in [2.75, 3.05) is 44.8 Å². The van der Waals surface area contributed by atoms with Crippen LogP contribution in [-0.4, -0.2) is 57.1 Å². The van der Waals surface area contributed by atoms with E-state index in [-0.39, 0.29) is 0 Å². The van der Waals surface area contributed by atoms with Crippen LogP contribution in [0.15, 0.2) is 24.3 Å². The summed E-state index contributed by atoms with van der Waals surface area (Å²) < 4.78 is 5.13. The molecule has 0 saturated carbocycles. The van der Waals surface area contributed by atoms with Gasteiger partial charge in [0, 0.05) is 50.6 Å². The summed E-state index contributed by atoms with van der Waals surface area (Å²) in [4.78, 5) is 15.5. The number of anilines is 1. The molecule has 1 aliphatic rings. The lowest BCUT2D eigenvalue weighted by atomic mass is 10.1. The summed E-state index contributed by atoms with van der Waals surface area (Å²) in [6.07, 6.45) is 0.885. The summed E-state index contributed by atoms with van der Waals surface area (Å²) >= 11 is 0. The molecular formula is C15H22N2O2. The van der Waals surface area contributed by atoms with Crippen LogP contribution in [-0.2, 0) is 4.74 Å². The Labute approximate surface area is 115 Å². The van der Waals surface area contributed by atoms with E-state index in [1.165, 1.54) is 5.69 Å². The van der Waals surface area contributed by atoms with E-state index in [9.17, 15) is 4.79 Å². The van der Waals surface area contributed by atoms with Gasteiger partial charge in [0.25, 0.3) is 0 Å². The average Bonchev–Trinajstić information content (AvgIpc) is 2.45. The standard InChI is InChI=1S/C15H22N2O2/c1-13-11-16(9-10-19-2)7-8-17(13)15-5-3-14(12-18)4-6-15/h3-6,12-13H,7-11H2,1-2H3. The van der Waals surface area contributed by atoms with Gasteiger partial charge in [0.05, 0.1) is 6.61 Å². The molecule has 0 aliphatic carbocycles. The molecule has 1 unspecified atom stereocenters. The first kappa shape index (κ1) is 14.0. The molecule has 1 aromatic rings. The minimum Gasteiger partial charge on any atom is -0.383 e. The number of rotatable bonds is 5.